The van der Waals surface area contributed by atoms with Crippen LogP contribution in [0, 0.1) is 0 Å². The summed E-state index contributed by atoms with van der Waals surface area (Å²) < 4.78 is 4.88. The van der Waals surface area contributed by atoms with Crippen molar-refractivity contribution >= 4 is 11.7 Å². The van der Waals surface area contributed by atoms with Crippen molar-refractivity contribution in [2.45, 2.75) is 26.3 Å². The third-order valence-electron chi connectivity index (χ3n) is 2.63. The molecule has 0 aromatic heterocycles. The maximum atomic E-state index is 11.2. The van der Waals surface area contributed by atoms with Gasteiger partial charge in [0.1, 0.15) is 0 Å². The minimum absolute atomic E-state index is 0.116. The Morgan fingerprint density at radius 2 is 2.22 bits per heavy atom. The molecule has 0 aliphatic rings. The Morgan fingerprint density at radius 1 is 1.44 bits per heavy atom. The van der Waals surface area contributed by atoms with E-state index in [1.165, 1.54) is 5.56 Å². The Balaban J connectivity index is 2.25. The van der Waals surface area contributed by atoms with Crippen molar-refractivity contribution in [3.8, 4) is 0 Å². The number of rotatable bonds is 7. The van der Waals surface area contributed by atoms with E-state index >= 15 is 0 Å². The highest BCUT2D eigenvalue weighted by Crippen LogP contribution is 2.09. The monoisotopic (exact) mass is 250 g/mol. The molecular formula is C14H22N2O2. The molecule has 0 aliphatic carbocycles. The van der Waals surface area contributed by atoms with Crippen molar-refractivity contribution in [1.82, 2.24) is 4.90 Å². The van der Waals surface area contributed by atoms with Crippen LogP contribution in [0.3, 0.4) is 0 Å². The van der Waals surface area contributed by atoms with Crippen molar-refractivity contribution in [1.29, 1.82) is 0 Å². The average Bonchev–Trinajstić information content (AvgIpc) is 2.29. The average molecular weight is 250 g/mol. The van der Waals surface area contributed by atoms with Gasteiger partial charge in [0.05, 0.1) is 6.61 Å². The van der Waals surface area contributed by atoms with E-state index in [2.05, 4.69) is 11.0 Å². The van der Waals surface area contributed by atoms with Crippen LogP contribution in [0.15, 0.2) is 24.3 Å². The van der Waals surface area contributed by atoms with Gasteiger partial charge in [-0.25, -0.2) is 0 Å². The number of benzene rings is 1. The summed E-state index contributed by atoms with van der Waals surface area (Å²) in [6.07, 6.45) is 1.30. The second-order valence-electron chi connectivity index (χ2n) is 4.39. The molecule has 0 atom stereocenters. The van der Waals surface area contributed by atoms with E-state index in [1.807, 2.05) is 32.2 Å². The Morgan fingerprint density at radius 3 is 2.89 bits per heavy atom. The molecule has 0 bridgehead atoms. The summed E-state index contributed by atoms with van der Waals surface area (Å²) in [7, 11) is 2.04. The quantitative estimate of drug-likeness (QED) is 0.594. The summed E-state index contributed by atoms with van der Waals surface area (Å²) in [5.74, 6) is -0.116. The number of nitrogen functional groups attached to an aromatic ring is 1. The summed E-state index contributed by atoms with van der Waals surface area (Å²) in [5, 5.41) is 0. The number of hydrogen-bond acceptors (Lipinski definition) is 4. The van der Waals surface area contributed by atoms with Crippen LogP contribution in [0.5, 0.6) is 0 Å². The standard InChI is InChI=1S/C14H22N2O2/c1-3-18-14(17)8-5-9-16(2)11-12-6-4-7-13(15)10-12/h4,6-7,10H,3,5,8-9,11,15H2,1-2H3. The smallest absolute Gasteiger partial charge is 0.305 e. The minimum Gasteiger partial charge on any atom is -0.466 e. The largest absolute Gasteiger partial charge is 0.466 e. The molecule has 0 saturated heterocycles. The zero-order valence-electron chi connectivity index (χ0n) is 11.2. The van der Waals surface area contributed by atoms with Crippen LogP contribution in [0.25, 0.3) is 0 Å². The van der Waals surface area contributed by atoms with Crippen LogP contribution in [0.4, 0.5) is 5.69 Å². The number of anilines is 1. The van der Waals surface area contributed by atoms with Gasteiger partial charge in [-0.15, -0.1) is 0 Å². The predicted molar refractivity (Wildman–Crippen MR) is 73.1 cm³/mol. The van der Waals surface area contributed by atoms with Crippen LogP contribution in [0.2, 0.25) is 0 Å². The molecular weight excluding hydrogens is 228 g/mol. The predicted octanol–water partition coefficient (Wildman–Crippen LogP) is 2.04. The molecule has 2 N–H and O–H groups in total. The highest BCUT2D eigenvalue weighted by molar-refractivity contribution is 5.69. The molecule has 0 unspecified atom stereocenters. The number of hydrogen-bond donors (Lipinski definition) is 1. The first kappa shape index (κ1) is 14.5. The van der Waals surface area contributed by atoms with Crippen LogP contribution in [0.1, 0.15) is 25.3 Å². The van der Waals surface area contributed by atoms with Gasteiger partial charge in [-0.3, -0.25) is 4.79 Å². The number of ether oxygens (including phenoxy) is 1. The lowest BCUT2D eigenvalue weighted by molar-refractivity contribution is -0.143. The van der Waals surface area contributed by atoms with E-state index in [9.17, 15) is 4.79 Å². The first-order valence-electron chi connectivity index (χ1n) is 6.30. The lowest BCUT2D eigenvalue weighted by Crippen LogP contribution is -2.20. The molecule has 1 rings (SSSR count). The number of nitrogens with zero attached hydrogens (tertiary/aromatic N) is 1. The summed E-state index contributed by atoms with van der Waals surface area (Å²) in [6.45, 7) is 3.99. The van der Waals surface area contributed by atoms with Crippen molar-refractivity contribution in [3.05, 3.63) is 29.8 Å². The zero-order valence-corrected chi connectivity index (χ0v) is 11.2. The van der Waals surface area contributed by atoms with Crippen LogP contribution in [-0.4, -0.2) is 31.1 Å². The molecule has 0 amide bonds. The fraction of sp³-hybridized carbons (Fsp3) is 0.500. The van der Waals surface area contributed by atoms with E-state index in [4.69, 9.17) is 10.5 Å². The second-order valence-corrected chi connectivity index (χ2v) is 4.39. The lowest BCUT2D eigenvalue weighted by atomic mass is 10.2. The Kier molecular flexibility index (Phi) is 6.22. The molecule has 100 valence electrons. The third kappa shape index (κ3) is 5.68. The highest BCUT2D eigenvalue weighted by atomic mass is 16.5. The molecule has 0 saturated carbocycles. The maximum Gasteiger partial charge on any atom is 0.305 e. The maximum absolute atomic E-state index is 11.2. The fourth-order valence-corrected chi connectivity index (χ4v) is 1.81. The van der Waals surface area contributed by atoms with Gasteiger partial charge < -0.3 is 15.4 Å². The van der Waals surface area contributed by atoms with E-state index < -0.39 is 0 Å². The van der Waals surface area contributed by atoms with Gasteiger partial charge in [0, 0.05) is 18.7 Å². The van der Waals surface area contributed by atoms with E-state index in [1.54, 1.807) is 0 Å². The van der Waals surface area contributed by atoms with Crippen molar-refractivity contribution in [3.63, 3.8) is 0 Å². The second kappa shape index (κ2) is 7.71. The molecule has 0 fully saturated rings. The van der Waals surface area contributed by atoms with Gasteiger partial charge in [-0.05, 0) is 44.6 Å². The lowest BCUT2D eigenvalue weighted by Gasteiger charge is -2.16. The molecule has 4 heteroatoms. The van der Waals surface area contributed by atoms with Gasteiger partial charge in [0.15, 0.2) is 0 Å². The summed E-state index contributed by atoms with van der Waals surface area (Å²) >= 11 is 0. The van der Waals surface area contributed by atoms with E-state index in [0.717, 1.165) is 25.2 Å². The Bertz CT molecular complexity index is 380. The molecule has 1 aromatic carbocycles. The van der Waals surface area contributed by atoms with Gasteiger partial charge in [-0.1, -0.05) is 12.1 Å². The number of carbonyl (C=O) groups is 1. The van der Waals surface area contributed by atoms with Gasteiger partial charge >= 0.3 is 5.97 Å². The summed E-state index contributed by atoms with van der Waals surface area (Å²) in [5.41, 5.74) is 7.70. The molecule has 0 radical (unpaired) electrons. The van der Waals surface area contributed by atoms with Crippen molar-refractivity contribution in [2.75, 3.05) is 25.9 Å². The topological polar surface area (TPSA) is 55.6 Å². The Labute approximate surface area is 109 Å². The SMILES string of the molecule is CCOC(=O)CCCN(C)Cc1cccc(N)c1. The normalized spacial score (nSPS) is 10.6. The van der Waals surface area contributed by atoms with E-state index in [0.29, 0.717) is 13.0 Å². The molecule has 0 aliphatic heterocycles. The molecule has 18 heavy (non-hydrogen) atoms. The fourth-order valence-electron chi connectivity index (χ4n) is 1.81. The molecule has 1 aromatic rings. The minimum atomic E-state index is -0.116. The molecule has 4 nitrogen and oxygen atoms in total. The highest BCUT2D eigenvalue weighted by Gasteiger charge is 2.04. The number of carbonyl (C=O) groups excluding carboxylic acids is 1. The van der Waals surface area contributed by atoms with Crippen LogP contribution < -0.4 is 5.73 Å². The first-order valence-corrected chi connectivity index (χ1v) is 6.30. The van der Waals surface area contributed by atoms with Crippen molar-refractivity contribution < 1.29 is 9.53 Å². The molecule has 0 spiro atoms. The third-order valence-corrected chi connectivity index (χ3v) is 2.63. The van der Waals surface area contributed by atoms with Gasteiger partial charge in [0.2, 0.25) is 0 Å². The van der Waals surface area contributed by atoms with E-state index in [-0.39, 0.29) is 5.97 Å². The number of esters is 1. The van der Waals surface area contributed by atoms with Gasteiger partial charge in [-0.2, -0.15) is 0 Å². The summed E-state index contributed by atoms with van der Waals surface area (Å²) in [6, 6.07) is 7.86. The zero-order chi connectivity index (χ0) is 13.4. The van der Waals surface area contributed by atoms with Gasteiger partial charge in [0.25, 0.3) is 0 Å². The first-order chi connectivity index (χ1) is 8.61. The van der Waals surface area contributed by atoms with Crippen LogP contribution in [-0.2, 0) is 16.1 Å². The molecule has 0 heterocycles. The summed E-state index contributed by atoms with van der Waals surface area (Å²) in [4.78, 5) is 13.3. The Hall–Kier alpha value is -1.55. The van der Waals surface area contributed by atoms with Crippen LogP contribution >= 0.6 is 0 Å². The van der Waals surface area contributed by atoms with Crippen molar-refractivity contribution in [2.24, 2.45) is 0 Å². The number of nitrogens with two attached hydrogens (primary N) is 1.